The smallest absolute Gasteiger partial charge is 0.247 e. The first-order valence-corrected chi connectivity index (χ1v) is 21.9. The molecule has 3 N–H and O–H groups in total. The number of nitrogens with one attached hydrogen (secondary N) is 3. The summed E-state index contributed by atoms with van der Waals surface area (Å²) in [4.78, 5) is 19.3. The summed E-state index contributed by atoms with van der Waals surface area (Å²) in [6.45, 7) is 7.01. The Bertz CT molecular complexity index is 1160. The molecular formula is C41H68Cl2N4OP+. The molecule has 0 heterocycles. The lowest BCUT2D eigenvalue weighted by Gasteiger charge is -2.29. The van der Waals surface area contributed by atoms with E-state index in [4.69, 9.17) is 4.99 Å². The van der Waals surface area contributed by atoms with Crippen molar-refractivity contribution in [3.8, 4) is 0 Å². The van der Waals surface area contributed by atoms with Crippen LogP contribution in [-0.2, 0) is 17.4 Å². The lowest BCUT2D eigenvalue weighted by atomic mass is 9.95. The monoisotopic (exact) mass is 733 g/mol. The summed E-state index contributed by atoms with van der Waals surface area (Å²) >= 11 is 0. The topological polar surface area (TPSA) is 65.5 Å². The minimum Gasteiger partial charge on any atom is -0.354 e. The number of nitrogens with zero attached hydrogens (tertiary/aromatic N) is 1. The minimum absolute atomic E-state index is 0. The summed E-state index contributed by atoms with van der Waals surface area (Å²) in [5.74, 6) is 0.820. The van der Waals surface area contributed by atoms with Gasteiger partial charge in [0.2, 0.25) is 5.91 Å². The quantitative estimate of drug-likeness (QED) is 0.0812. The van der Waals surface area contributed by atoms with Gasteiger partial charge in [0.1, 0.15) is 6.04 Å². The number of carbonyl (C=O) groups excluding carboxylic acids is 1. The molecule has 2 aliphatic carbocycles. The van der Waals surface area contributed by atoms with Crippen LogP contribution in [-0.4, -0.2) is 48.5 Å². The third kappa shape index (κ3) is 15.5. The molecule has 2 aromatic carbocycles. The van der Waals surface area contributed by atoms with Crippen LogP contribution in [0.2, 0.25) is 0 Å². The Morgan fingerprint density at radius 1 is 0.735 bits per heavy atom. The third-order valence-electron chi connectivity index (χ3n) is 10.4. The third-order valence-corrected chi connectivity index (χ3v) is 15.3. The Morgan fingerprint density at radius 2 is 1.29 bits per heavy atom. The van der Waals surface area contributed by atoms with E-state index in [1.54, 1.807) is 0 Å². The van der Waals surface area contributed by atoms with Gasteiger partial charge in [0.05, 0.1) is 30.7 Å². The van der Waals surface area contributed by atoms with E-state index >= 15 is 0 Å². The highest BCUT2D eigenvalue weighted by Gasteiger charge is 2.35. The molecular weight excluding hydrogens is 666 g/mol. The zero-order chi connectivity index (χ0) is 33.2. The van der Waals surface area contributed by atoms with E-state index in [1.807, 2.05) is 6.07 Å². The van der Waals surface area contributed by atoms with Crippen molar-refractivity contribution in [1.29, 1.82) is 0 Å². The fourth-order valence-electron chi connectivity index (χ4n) is 7.54. The van der Waals surface area contributed by atoms with Crippen molar-refractivity contribution >= 4 is 49.6 Å². The van der Waals surface area contributed by atoms with E-state index < -0.39 is 13.3 Å². The van der Waals surface area contributed by atoms with Gasteiger partial charge in [0.25, 0.3) is 0 Å². The first kappa shape index (κ1) is 43.4. The molecule has 49 heavy (non-hydrogen) atoms. The van der Waals surface area contributed by atoms with Gasteiger partial charge in [-0.2, -0.15) is 0 Å². The molecule has 4 rings (SSSR count). The molecule has 0 aromatic heterocycles. The molecule has 276 valence electrons. The van der Waals surface area contributed by atoms with Crippen LogP contribution in [0, 0.1) is 0 Å². The molecule has 0 saturated heterocycles. The molecule has 0 spiro atoms. The van der Waals surface area contributed by atoms with E-state index in [0.29, 0.717) is 18.5 Å². The lowest BCUT2D eigenvalue weighted by Crippen LogP contribution is -2.53. The molecule has 2 fully saturated rings. The Morgan fingerprint density at radius 3 is 1.84 bits per heavy atom. The van der Waals surface area contributed by atoms with Gasteiger partial charge in [0, 0.05) is 25.4 Å². The summed E-state index contributed by atoms with van der Waals surface area (Å²) in [5, 5.41) is 10.7. The van der Waals surface area contributed by atoms with Gasteiger partial charge in [-0.15, -0.1) is 24.8 Å². The molecule has 2 aliphatic rings. The van der Waals surface area contributed by atoms with Crippen LogP contribution < -0.4 is 16.0 Å². The average molecular weight is 735 g/mol. The number of halogens is 2. The predicted molar refractivity (Wildman–Crippen MR) is 221 cm³/mol. The highest BCUT2D eigenvalue weighted by atomic mass is 35.5. The van der Waals surface area contributed by atoms with E-state index in [0.717, 1.165) is 30.1 Å². The normalized spacial score (nSPS) is 16.6. The van der Waals surface area contributed by atoms with Crippen LogP contribution in [0.15, 0.2) is 59.6 Å². The number of hydrogen-bond donors (Lipinski definition) is 3. The Balaban J connectivity index is 0.00000417. The number of hydrogen-bond acceptors (Lipinski definition) is 2. The standard InChI is InChI=1S/C41H65N4OP.2ClH/c1-4-7-29-47(30-8-5-2,31-9-6-3)33-35-25-27-38(28-26-35)42-40(46)39(32-34-19-13-10-14-20-34)45-41(43-36-21-15-11-16-22-36)44-37-23-17-12-18-24-37;;/h10,13-14,19-20,25-28,36-37,39H,4-9,11-12,15-18,21-24,29-33H2,1-3H3,(H2-,42,43,44,45,46);2*1H/p+1/t39-;;/m0../s1. The van der Waals surface area contributed by atoms with Gasteiger partial charge in [-0.05, 0) is 68.2 Å². The number of benzene rings is 2. The fourth-order valence-corrected chi connectivity index (χ4v) is 12.6. The molecule has 0 unspecified atom stereocenters. The number of carbonyl (C=O) groups is 1. The first-order valence-electron chi connectivity index (χ1n) is 19.4. The number of amides is 1. The average Bonchev–Trinajstić information content (AvgIpc) is 3.10. The van der Waals surface area contributed by atoms with Crippen LogP contribution in [0.4, 0.5) is 5.69 Å². The maximum Gasteiger partial charge on any atom is 0.247 e. The number of rotatable bonds is 18. The molecule has 0 radical (unpaired) electrons. The van der Waals surface area contributed by atoms with Gasteiger partial charge in [0.15, 0.2) is 5.96 Å². The molecule has 1 atom stereocenters. The van der Waals surface area contributed by atoms with E-state index in [-0.39, 0.29) is 30.7 Å². The summed E-state index contributed by atoms with van der Waals surface area (Å²) < 4.78 is 0. The highest BCUT2D eigenvalue weighted by Crippen LogP contribution is 2.63. The van der Waals surface area contributed by atoms with Crippen molar-refractivity contribution in [3.63, 3.8) is 0 Å². The van der Waals surface area contributed by atoms with Gasteiger partial charge in [-0.3, -0.25) is 4.79 Å². The maximum absolute atomic E-state index is 14.1. The molecule has 1 amide bonds. The van der Waals surface area contributed by atoms with Crippen molar-refractivity contribution in [2.45, 2.75) is 154 Å². The summed E-state index contributed by atoms with van der Waals surface area (Å²) in [6, 6.07) is 19.6. The molecule has 5 nitrogen and oxygen atoms in total. The van der Waals surface area contributed by atoms with Gasteiger partial charge in [-0.1, -0.05) is 121 Å². The van der Waals surface area contributed by atoms with Crippen molar-refractivity contribution in [1.82, 2.24) is 10.6 Å². The van der Waals surface area contributed by atoms with E-state index in [1.165, 1.54) is 120 Å². The summed E-state index contributed by atoms with van der Waals surface area (Å²) in [6.07, 6.45) is 26.3. The van der Waals surface area contributed by atoms with Crippen LogP contribution in [0.5, 0.6) is 0 Å². The molecule has 0 bridgehead atoms. The van der Waals surface area contributed by atoms with Gasteiger partial charge in [-0.25, -0.2) is 4.99 Å². The lowest BCUT2D eigenvalue weighted by molar-refractivity contribution is -0.117. The second-order valence-electron chi connectivity index (χ2n) is 14.6. The molecule has 2 saturated carbocycles. The SMILES string of the molecule is CCCC[P+](CCCC)(CCCC)Cc1ccc(NC(=O)[C@H](Cc2ccccc2)NC(=NC2CCCCC2)NC2CCCCC2)cc1.Cl.Cl. The Labute approximate surface area is 312 Å². The molecule has 8 heteroatoms. The Hall–Kier alpha value is -1.81. The maximum atomic E-state index is 14.1. The second kappa shape index (κ2) is 24.4. The number of guanidine groups is 1. The number of unbranched alkanes of at least 4 members (excludes halogenated alkanes) is 3. The number of anilines is 1. The number of aliphatic imine (C=N–C) groups is 1. The van der Waals surface area contributed by atoms with Crippen molar-refractivity contribution in [2.75, 3.05) is 23.8 Å². The second-order valence-corrected chi connectivity index (χ2v) is 18.9. The fraction of sp³-hybridized carbons (Fsp3) is 0.659. The first-order chi connectivity index (χ1) is 23.0. The zero-order valence-electron chi connectivity index (χ0n) is 30.9. The Kier molecular flexibility index (Phi) is 21.6. The molecule has 0 aliphatic heterocycles. The van der Waals surface area contributed by atoms with Crippen molar-refractivity contribution < 1.29 is 4.79 Å². The summed E-state index contributed by atoms with van der Waals surface area (Å²) in [7, 11) is -1.03. The van der Waals surface area contributed by atoms with Crippen LogP contribution >= 0.6 is 32.1 Å². The van der Waals surface area contributed by atoms with Crippen molar-refractivity contribution in [2.24, 2.45) is 4.99 Å². The van der Waals surface area contributed by atoms with Crippen LogP contribution in [0.3, 0.4) is 0 Å². The largest absolute Gasteiger partial charge is 0.354 e. The zero-order valence-corrected chi connectivity index (χ0v) is 33.4. The van der Waals surface area contributed by atoms with Crippen LogP contribution in [0.25, 0.3) is 0 Å². The van der Waals surface area contributed by atoms with Crippen LogP contribution in [0.1, 0.15) is 135 Å². The van der Waals surface area contributed by atoms with Crippen molar-refractivity contribution in [3.05, 3.63) is 65.7 Å². The van der Waals surface area contributed by atoms with Gasteiger partial charge < -0.3 is 16.0 Å². The van der Waals surface area contributed by atoms with E-state index in [9.17, 15) is 4.79 Å². The highest BCUT2D eigenvalue weighted by molar-refractivity contribution is 7.75. The van der Waals surface area contributed by atoms with Gasteiger partial charge >= 0.3 is 0 Å². The van der Waals surface area contributed by atoms with E-state index in [2.05, 4.69) is 85.3 Å². The summed E-state index contributed by atoms with van der Waals surface area (Å²) in [5.41, 5.74) is 3.47. The molecule has 2 aromatic rings. The predicted octanol–water partition coefficient (Wildman–Crippen LogP) is 11.2. The minimum atomic E-state index is -1.03.